The lowest BCUT2D eigenvalue weighted by molar-refractivity contribution is 0.0358. The van der Waals surface area contributed by atoms with Crippen molar-refractivity contribution in [3.8, 4) is 0 Å². The highest BCUT2D eigenvalue weighted by Crippen LogP contribution is 2.39. The molecule has 142 valence electrons. The topological polar surface area (TPSA) is 58.7 Å². The molecule has 3 aliphatic rings. The molecule has 2 heterocycles. The number of aliphatic hydroxyl groups is 1. The second-order valence-corrected chi connectivity index (χ2v) is 7.97. The van der Waals surface area contributed by atoms with Gasteiger partial charge in [-0.15, -0.1) is 0 Å². The van der Waals surface area contributed by atoms with Crippen LogP contribution >= 0.6 is 0 Å². The monoisotopic (exact) mass is 356 g/mol. The lowest BCUT2D eigenvalue weighted by Crippen LogP contribution is -2.31. The third-order valence-electron chi connectivity index (χ3n) is 5.57. The maximum absolute atomic E-state index is 10.5. The normalized spacial score (nSPS) is 28.0. The van der Waals surface area contributed by atoms with Gasteiger partial charge in [0.1, 0.15) is 5.76 Å². The summed E-state index contributed by atoms with van der Waals surface area (Å²) in [5.41, 5.74) is 8.57. The van der Waals surface area contributed by atoms with Gasteiger partial charge >= 0.3 is 0 Å². The Morgan fingerprint density at radius 3 is 2.81 bits per heavy atom. The van der Waals surface area contributed by atoms with Gasteiger partial charge in [0.15, 0.2) is 0 Å². The Kier molecular flexibility index (Phi) is 6.05. The van der Waals surface area contributed by atoms with Gasteiger partial charge in [0, 0.05) is 24.5 Å². The second kappa shape index (κ2) is 8.28. The molecule has 1 unspecified atom stereocenters. The molecule has 0 aromatic rings. The summed E-state index contributed by atoms with van der Waals surface area (Å²) in [6.07, 6.45) is 16.3. The number of rotatable bonds is 4. The maximum atomic E-state index is 10.5. The van der Waals surface area contributed by atoms with E-state index in [1.165, 1.54) is 42.7 Å². The first kappa shape index (κ1) is 19.0. The number of nitrogens with zero attached hydrogens (tertiary/aromatic N) is 1. The Morgan fingerprint density at radius 1 is 1.35 bits per heavy atom. The minimum atomic E-state index is -0.748. The molecule has 0 bridgehead atoms. The summed E-state index contributed by atoms with van der Waals surface area (Å²) in [5.74, 6) is 1.04. The van der Waals surface area contributed by atoms with Crippen molar-refractivity contribution < 1.29 is 9.84 Å². The lowest BCUT2D eigenvalue weighted by atomic mass is 9.78. The molecule has 2 aliphatic heterocycles. The summed E-state index contributed by atoms with van der Waals surface area (Å²) in [6.45, 7) is 7.76. The molecule has 0 spiro atoms. The molecule has 1 fully saturated rings. The van der Waals surface area contributed by atoms with Crippen LogP contribution in [-0.2, 0) is 4.74 Å². The summed E-state index contributed by atoms with van der Waals surface area (Å²) >= 11 is 0. The fourth-order valence-electron chi connectivity index (χ4n) is 3.94. The van der Waals surface area contributed by atoms with Crippen molar-refractivity contribution in [1.82, 2.24) is 4.90 Å². The van der Waals surface area contributed by atoms with E-state index in [1.54, 1.807) is 6.20 Å². The Labute approximate surface area is 157 Å². The molecule has 0 aromatic heterocycles. The summed E-state index contributed by atoms with van der Waals surface area (Å²) in [7, 11) is 0. The van der Waals surface area contributed by atoms with Crippen LogP contribution in [0.3, 0.4) is 0 Å². The standard InChI is InChI=1S/C22H32N2O2/c1-22(2,25)18-7-8-21-20(16-18)19(9-14-24-12-3-4-13-24)17(6-5-11-23)10-15-26-21/h5-9,11,18,25H,3-4,10,12-16,23H2,1-2H3/b11-5-,17-6+,19-9+. The van der Waals surface area contributed by atoms with E-state index in [0.29, 0.717) is 6.61 Å². The van der Waals surface area contributed by atoms with Crippen LogP contribution in [0.25, 0.3) is 0 Å². The molecule has 3 rings (SSSR count). The van der Waals surface area contributed by atoms with E-state index < -0.39 is 5.60 Å². The van der Waals surface area contributed by atoms with Gasteiger partial charge in [-0.1, -0.05) is 18.2 Å². The van der Waals surface area contributed by atoms with E-state index in [1.807, 2.05) is 26.0 Å². The smallest absolute Gasteiger partial charge is 0.122 e. The minimum Gasteiger partial charge on any atom is -0.493 e. The molecule has 4 heteroatoms. The molecule has 4 nitrogen and oxygen atoms in total. The van der Waals surface area contributed by atoms with E-state index in [9.17, 15) is 5.11 Å². The Hall–Kier alpha value is -1.78. The number of hydrogen-bond acceptors (Lipinski definition) is 4. The Morgan fingerprint density at radius 2 is 2.12 bits per heavy atom. The van der Waals surface area contributed by atoms with E-state index in [-0.39, 0.29) is 5.92 Å². The van der Waals surface area contributed by atoms with Gasteiger partial charge in [0.25, 0.3) is 0 Å². The van der Waals surface area contributed by atoms with Crippen molar-refractivity contribution in [3.05, 3.63) is 59.1 Å². The Bertz CT molecular complexity index is 656. The van der Waals surface area contributed by atoms with Gasteiger partial charge in [-0.25, -0.2) is 0 Å². The van der Waals surface area contributed by atoms with Crippen LogP contribution in [0.4, 0.5) is 0 Å². The fourth-order valence-corrected chi connectivity index (χ4v) is 3.94. The predicted octanol–water partition coefficient (Wildman–Crippen LogP) is 3.43. The highest BCUT2D eigenvalue weighted by molar-refractivity contribution is 5.53. The van der Waals surface area contributed by atoms with E-state index in [4.69, 9.17) is 10.5 Å². The van der Waals surface area contributed by atoms with Gasteiger partial charge in [-0.2, -0.15) is 0 Å². The van der Waals surface area contributed by atoms with Gasteiger partial charge in [0.05, 0.1) is 12.2 Å². The van der Waals surface area contributed by atoms with Crippen LogP contribution in [-0.4, -0.2) is 41.8 Å². The summed E-state index contributed by atoms with van der Waals surface area (Å²) in [5, 5.41) is 10.5. The zero-order valence-electron chi connectivity index (χ0n) is 16.1. The molecule has 1 aliphatic carbocycles. The van der Waals surface area contributed by atoms with Crippen LogP contribution in [0.1, 0.15) is 39.5 Å². The molecule has 0 aromatic carbocycles. The summed E-state index contributed by atoms with van der Waals surface area (Å²) in [6, 6.07) is 0. The average molecular weight is 357 g/mol. The molecule has 26 heavy (non-hydrogen) atoms. The molecule has 3 N–H and O–H groups in total. The van der Waals surface area contributed by atoms with Gasteiger partial charge in [-0.05, 0) is 75.7 Å². The molecular weight excluding hydrogens is 324 g/mol. The zero-order valence-corrected chi connectivity index (χ0v) is 16.1. The minimum absolute atomic E-state index is 0.0874. The first-order chi connectivity index (χ1) is 12.5. The van der Waals surface area contributed by atoms with Crippen molar-refractivity contribution in [2.45, 2.75) is 45.1 Å². The predicted molar refractivity (Wildman–Crippen MR) is 106 cm³/mol. The number of hydrogen-bond donors (Lipinski definition) is 2. The molecular formula is C22H32N2O2. The van der Waals surface area contributed by atoms with Crippen molar-refractivity contribution >= 4 is 0 Å². The van der Waals surface area contributed by atoms with E-state index in [0.717, 1.165) is 25.1 Å². The Balaban J connectivity index is 1.95. The molecule has 0 radical (unpaired) electrons. The molecule has 0 amide bonds. The zero-order chi connectivity index (χ0) is 18.6. The number of ether oxygens (including phenoxy) is 1. The SMILES string of the molecule is CC(C)(O)C1C=CC2=C(C1)C(=C/CN1CCCC1)/C(=C/C=C\N)CCO2. The van der Waals surface area contributed by atoms with Crippen molar-refractivity contribution in [2.24, 2.45) is 11.7 Å². The van der Waals surface area contributed by atoms with Crippen LogP contribution in [0, 0.1) is 5.92 Å². The van der Waals surface area contributed by atoms with Gasteiger partial charge in [-0.3, -0.25) is 4.90 Å². The molecule has 1 atom stereocenters. The number of likely N-dealkylation sites (tertiary alicyclic amines) is 1. The first-order valence-corrected chi connectivity index (χ1v) is 9.76. The highest BCUT2D eigenvalue weighted by Gasteiger charge is 2.32. The van der Waals surface area contributed by atoms with Crippen LogP contribution in [0.5, 0.6) is 0 Å². The maximum Gasteiger partial charge on any atom is 0.122 e. The lowest BCUT2D eigenvalue weighted by Gasteiger charge is -2.31. The fraction of sp³-hybridized carbons (Fsp3) is 0.545. The average Bonchev–Trinajstić information content (AvgIpc) is 3.06. The molecule has 1 saturated heterocycles. The van der Waals surface area contributed by atoms with Crippen molar-refractivity contribution in [3.63, 3.8) is 0 Å². The summed E-state index contributed by atoms with van der Waals surface area (Å²) in [4.78, 5) is 2.50. The van der Waals surface area contributed by atoms with Crippen molar-refractivity contribution in [1.29, 1.82) is 0 Å². The first-order valence-electron chi connectivity index (χ1n) is 9.76. The van der Waals surface area contributed by atoms with Crippen LogP contribution in [0.2, 0.25) is 0 Å². The summed E-state index contributed by atoms with van der Waals surface area (Å²) < 4.78 is 6.04. The number of nitrogens with two attached hydrogens (primary N) is 1. The van der Waals surface area contributed by atoms with Crippen LogP contribution < -0.4 is 5.73 Å². The quantitative estimate of drug-likeness (QED) is 0.810. The second-order valence-electron chi connectivity index (χ2n) is 7.97. The third-order valence-corrected chi connectivity index (χ3v) is 5.57. The van der Waals surface area contributed by atoms with E-state index in [2.05, 4.69) is 23.1 Å². The van der Waals surface area contributed by atoms with Gasteiger partial charge in [0.2, 0.25) is 0 Å². The largest absolute Gasteiger partial charge is 0.493 e. The number of allylic oxidation sites excluding steroid dienone is 5. The third kappa shape index (κ3) is 4.49. The highest BCUT2D eigenvalue weighted by atomic mass is 16.5. The van der Waals surface area contributed by atoms with Crippen LogP contribution in [0.15, 0.2) is 59.1 Å². The molecule has 0 saturated carbocycles. The van der Waals surface area contributed by atoms with Gasteiger partial charge < -0.3 is 15.6 Å². The van der Waals surface area contributed by atoms with E-state index >= 15 is 0 Å². The van der Waals surface area contributed by atoms with Crippen molar-refractivity contribution in [2.75, 3.05) is 26.2 Å².